The van der Waals surface area contributed by atoms with Crippen molar-refractivity contribution in [1.29, 1.82) is 0 Å². The average molecular weight is 334 g/mol. The fourth-order valence-corrected chi connectivity index (χ4v) is 2.74. The number of nitrogens with zero attached hydrogens (tertiary/aromatic N) is 3. The van der Waals surface area contributed by atoms with Crippen molar-refractivity contribution in [3.05, 3.63) is 49.9 Å². The number of non-ortho nitro benzene ring substituents is 1. The number of thiazole rings is 1. The molecule has 10 heteroatoms. The molecule has 0 saturated carbocycles. The van der Waals surface area contributed by atoms with Crippen LogP contribution in [0.1, 0.15) is 5.69 Å². The Bertz CT molecular complexity index is 970. The first-order valence-electron chi connectivity index (χ1n) is 6.44. The normalized spacial score (nSPS) is 10.8. The smallest absolute Gasteiger partial charge is 0.407 e. The number of carbonyl (C=O) groups excluding carboxylic acids is 1. The Morgan fingerprint density at radius 1 is 1.52 bits per heavy atom. The van der Waals surface area contributed by atoms with Crippen molar-refractivity contribution in [3.8, 4) is 0 Å². The van der Waals surface area contributed by atoms with E-state index in [0.717, 1.165) is 16.3 Å². The highest BCUT2D eigenvalue weighted by molar-refractivity contribution is 7.13. The zero-order valence-corrected chi connectivity index (χ0v) is 12.6. The standard InChI is InChI=1S/C13H10N4O5S/c1-7-6-23-12(14-7)15-11(18)5-16-9-3-2-8(17(20)21)4-10(9)22-13(16)19/h2-4,6H,5H2,1H3,(H,14,15,18). The molecule has 3 rings (SSSR count). The Kier molecular flexibility index (Phi) is 3.66. The maximum Gasteiger partial charge on any atom is 0.420 e. The minimum atomic E-state index is -0.758. The van der Waals surface area contributed by atoms with Crippen molar-refractivity contribution in [2.45, 2.75) is 13.5 Å². The Morgan fingerprint density at radius 3 is 2.96 bits per heavy atom. The van der Waals surface area contributed by atoms with E-state index < -0.39 is 16.6 Å². The highest BCUT2D eigenvalue weighted by Crippen LogP contribution is 2.20. The number of amides is 1. The zero-order valence-electron chi connectivity index (χ0n) is 11.8. The summed E-state index contributed by atoms with van der Waals surface area (Å²) < 4.78 is 6.06. The van der Waals surface area contributed by atoms with Crippen LogP contribution in [-0.2, 0) is 11.3 Å². The van der Waals surface area contributed by atoms with Gasteiger partial charge in [0.1, 0.15) is 6.54 Å². The molecule has 1 amide bonds. The Labute approximate surface area is 132 Å². The fraction of sp³-hybridized carbons (Fsp3) is 0.154. The van der Waals surface area contributed by atoms with E-state index in [1.165, 1.54) is 23.5 Å². The summed E-state index contributed by atoms with van der Waals surface area (Å²) in [5, 5.41) is 15.5. The van der Waals surface area contributed by atoms with Crippen molar-refractivity contribution in [2.24, 2.45) is 0 Å². The van der Waals surface area contributed by atoms with Gasteiger partial charge < -0.3 is 9.73 Å². The SMILES string of the molecule is Cc1csc(NC(=O)Cn2c(=O)oc3cc([N+](=O)[O-])ccc32)n1. The molecule has 0 aliphatic rings. The molecule has 0 radical (unpaired) electrons. The average Bonchev–Trinajstić information content (AvgIpc) is 3.02. The lowest BCUT2D eigenvalue weighted by Crippen LogP contribution is -2.24. The van der Waals surface area contributed by atoms with Gasteiger partial charge in [-0.1, -0.05) is 0 Å². The maximum atomic E-state index is 12.0. The van der Waals surface area contributed by atoms with Gasteiger partial charge in [0.05, 0.1) is 22.2 Å². The van der Waals surface area contributed by atoms with Crippen LogP contribution in [-0.4, -0.2) is 20.4 Å². The first kappa shape index (κ1) is 14.9. The highest BCUT2D eigenvalue weighted by atomic mass is 32.1. The van der Waals surface area contributed by atoms with E-state index in [4.69, 9.17) is 4.42 Å². The molecule has 0 atom stereocenters. The van der Waals surface area contributed by atoms with Crippen LogP contribution in [0.25, 0.3) is 11.1 Å². The molecule has 3 aromatic rings. The molecule has 2 heterocycles. The van der Waals surface area contributed by atoms with Crippen LogP contribution in [0.3, 0.4) is 0 Å². The predicted octanol–water partition coefficient (Wildman–Crippen LogP) is 1.91. The number of oxazole rings is 1. The van der Waals surface area contributed by atoms with Crippen molar-refractivity contribution < 1.29 is 14.1 Å². The summed E-state index contributed by atoms with van der Waals surface area (Å²) in [7, 11) is 0. The van der Waals surface area contributed by atoms with Gasteiger partial charge in [0, 0.05) is 11.4 Å². The van der Waals surface area contributed by atoms with Gasteiger partial charge >= 0.3 is 5.76 Å². The number of hydrogen-bond donors (Lipinski definition) is 1. The zero-order chi connectivity index (χ0) is 16.6. The minimum Gasteiger partial charge on any atom is -0.407 e. The molecule has 1 N–H and O–H groups in total. The van der Waals surface area contributed by atoms with E-state index in [1.54, 1.807) is 12.3 Å². The Balaban J connectivity index is 1.87. The molecular weight excluding hydrogens is 324 g/mol. The quantitative estimate of drug-likeness (QED) is 0.574. The third-order valence-corrected chi connectivity index (χ3v) is 3.91. The van der Waals surface area contributed by atoms with E-state index in [-0.39, 0.29) is 17.8 Å². The van der Waals surface area contributed by atoms with Crippen LogP contribution in [0.15, 0.2) is 32.8 Å². The molecule has 0 fully saturated rings. The second kappa shape index (κ2) is 5.65. The Hall–Kier alpha value is -3.01. The third-order valence-electron chi connectivity index (χ3n) is 3.03. The lowest BCUT2D eigenvalue weighted by molar-refractivity contribution is -0.384. The predicted molar refractivity (Wildman–Crippen MR) is 82.6 cm³/mol. The van der Waals surface area contributed by atoms with Crippen LogP contribution >= 0.6 is 11.3 Å². The van der Waals surface area contributed by atoms with Gasteiger partial charge in [-0.15, -0.1) is 11.3 Å². The number of nitrogens with one attached hydrogen (secondary N) is 1. The number of nitro groups is 1. The van der Waals surface area contributed by atoms with Gasteiger partial charge in [0.25, 0.3) is 5.69 Å². The number of hydrogen-bond acceptors (Lipinski definition) is 7. The Morgan fingerprint density at radius 2 is 2.30 bits per heavy atom. The largest absolute Gasteiger partial charge is 0.420 e. The lowest BCUT2D eigenvalue weighted by Gasteiger charge is -2.02. The van der Waals surface area contributed by atoms with E-state index in [2.05, 4.69) is 10.3 Å². The van der Waals surface area contributed by atoms with E-state index in [9.17, 15) is 19.7 Å². The van der Waals surface area contributed by atoms with Crippen molar-refractivity contribution in [1.82, 2.24) is 9.55 Å². The van der Waals surface area contributed by atoms with Crippen LogP contribution in [0, 0.1) is 17.0 Å². The minimum absolute atomic E-state index is 0.0575. The summed E-state index contributed by atoms with van der Waals surface area (Å²) in [5.41, 5.74) is 0.956. The number of carbonyl (C=O) groups is 1. The summed E-state index contributed by atoms with van der Waals surface area (Å²) in [4.78, 5) is 38.1. The number of anilines is 1. The first-order valence-corrected chi connectivity index (χ1v) is 7.32. The summed E-state index contributed by atoms with van der Waals surface area (Å²) in [6.45, 7) is 1.52. The van der Waals surface area contributed by atoms with Crippen LogP contribution in [0.4, 0.5) is 10.8 Å². The van der Waals surface area contributed by atoms with Crippen LogP contribution in [0.2, 0.25) is 0 Å². The summed E-state index contributed by atoms with van der Waals surface area (Å²) in [5.74, 6) is -1.20. The topological polar surface area (TPSA) is 120 Å². The first-order chi connectivity index (χ1) is 10.9. The van der Waals surface area contributed by atoms with Crippen LogP contribution in [0.5, 0.6) is 0 Å². The summed E-state index contributed by atoms with van der Waals surface area (Å²) in [6.07, 6.45) is 0. The highest BCUT2D eigenvalue weighted by Gasteiger charge is 2.16. The number of fused-ring (bicyclic) bond motifs is 1. The van der Waals surface area contributed by atoms with E-state index in [1.807, 2.05) is 0 Å². The molecule has 0 aliphatic heterocycles. The van der Waals surface area contributed by atoms with Crippen molar-refractivity contribution in [3.63, 3.8) is 0 Å². The maximum absolute atomic E-state index is 12.0. The molecule has 0 spiro atoms. The number of nitro benzene ring substituents is 1. The monoisotopic (exact) mass is 334 g/mol. The second-order valence-corrected chi connectivity index (χ2v) is 5.56. The van der Waals surface area contributed by atoms with E-state index in [0.29, 0.717) is 10.6 Å². The molecule has 0 aliphatic carbocycles. The van der Waals surface area contributed by atoms with Gasteiger partial charge in [-0.3, -0.25) is 19.5 Å². The summed E-state index contributed by atoms with van der Waals surface area (Å²) in [6, 6.07) is 3.77. The molecule has 0 bridgehead atoms. The lowest BCUT2D eigenvalue weighted by atomic mass is 10.3. The number of aromatic nitrogens is 2. The second-order valence-electron chi connectivity index (χ2n) is 4.71. The molecule has 23 heavy (non-hydrogen) atoms. The number of aryl methyl sites for hydroxylation is 1. The molecule has 2 aromatic heterocycles. The molecule has 118 valence electrons. The van der Waals surface area contributed by atoms with Gasteiger partial charge in [0.2, 0.25) is 5.91 Å². The van der Waals surface area contributed by atoms with Gasteiger partial charge in [-0.05, 0) is 13.0 Å². The van der Waals surface area contributed by atoms with E-state index >= 15 is 0 Å². The molecule has 9 nitrogen and oxygen atoms in total. The number of rotatable bonds is 4. The summed E-state index contributed by atoms with van der Waals surface area (Å²) >= 11 is 1.27. The third kappa shape index (κ3) is 2.97. The molecule has 0 saturated heterocycles. The molecular formula is C13H10N4O5S. The molecule has 1 aromatic carbocycles. The van der Waals surface area contributed by atoms with Gasteiger partial charge in [0.15, 0.2) is 10.7 Å². The number of benzene rings is 1. The van der Waals surface area contributed by atoms with Crippen LogP contribution < -0.4 is 11.1 Å². The molecule has 0 unspecified atom stereocenters. The van der Waals surface area contributed by atoms with Crippen molar-refractivity contribution in [2.75, 3.05) is 5.32 Å². The fourth-order valence-electron chi connectivity index (χ4n) is 2.03. The van der Waals surface area contributed by atoms with Gasteiger partial charge in [-0.2, -0.15) is 0 Å². The van der Waals surface area contributed by atoms with Gasteiger partial charge in [-0.25, -0.2) is 9.78 Å². The van der Waals surface area contributed by atoms with Crippen molar-refractivity contribution >= 4 is 39.2 Å².